The number of hydrogen-bond donors (Lipinski definition) is 1. The zero-order chi connectivity index (χ0) is 17.4. The molecule has 0 aromatic heterocycles. The van der Waals surface area contributed by atoms with Gasteiger partial charge in [-0.15, -0.1) is 0 Å². The molecule has 0 aliphatic heterocycles. The Hall–Kier alpha value is -2.09. The van der Waals surface area contributed by atoms with Crippen molar-refractivity contribution >= 4 is 12.5 Å². The molecule has 0 bridgehead atoms. The maximum atomic E-state index is 8.00. The summed E-state index contributed by atoms with van der Waals surface area (Å²) in [7, 11) is 0. The van der Waals surface area contributed by atoms with E-state index in [9.17, 15) is 0 Å². The topological polar surface area (TPSA) is 43.1 Å². The molecule has 2 nitrogen and oxygen atoms in total. The molecule has 0 heterocycles. The number of carbonyl (C=O) groups excluding carboxylic acids is 1. The molecule has 0 radical (unpaired) electrons. The quantitative estimate of drug-likeness (QED) is 0.701. The van der Waals surface area contributed by atoms with Gasteiger partial charge in [-0.25, -0.2) is 0 Å². The van der Waals surface area contributed by atoms with Crippen LogP contribution in [0.5, 0.6) is 0 Å². The van der Waals surface area contributed by atoms with E-state index in [4.69, 9.17) is 10.5 Å². The molecule has 2 N–H and O–H groups in total. The van der Waals surface area contributed by atoms with Gasteiger partial charge in [-0.05, 0) is 76.3 Å². The zero-order valence-electron chi connectivity index (χ0n) is 15.0. The minimum atomic E-state index is 0.922. The largest absolute Gasteiger partial charge is 0.398 e. The van der Waals surface area contributed by atoms with Crippen molar-refractivity contribution in [2.75, 3.05) is 5.73 Å². The van der Waals surface area contributed by atoms with Gasteiger partial charge in [-0.3, -0.25) is 0 Å². The Morgan fingerprint density at radius 2 is 0.909 bits per heavy atom. The van der Waals surface area contributed by atoms with E-state index in [1.54, 1.807) is 0 Å². The molecule has 0 aliphatic carbocycles. The number of nitrogen functional groups attached to an aromatic ring is 1. The second-order valence-corrected chi connectivity index (χ2v) is 5.84. The van der Waals surface area contributed by atoms with E-state index in [1.165, 1.54) is 38.9 Å². The van der Waals surface area contributed by atoms with Gasteiger partial charge >= 0.3 is 0 Å². The average Bonchev–Trinajstić information content (AvgIpc) is 2.45. The first-order chi connectivity index (χ1) is 10.2. The van der Waals surface area contributed by atoms with Crippen LogP contribution in [0.1, 0.15) is 38.9 Å². The molecule has 2 aromatic rings. The average molecular weight is 299 g/mol. The van der Waals surface area contributed by atoms with E-state index in [-0.39, 0.29) is 0 Å². The number of carbonyl (C=O) groups is 1. The van der Waals surface area contributed by atoms with Crippen LogP contribution in [-0.4, -0.2) is 6.79 Å². The molecule has 0 spiro atoms. The molecular formula is C20H29NO. The second-order valence-electron chi connectivity index (χ2n) is 5.84. The van der Waals surface area contributed by atoms with Crippen molar-refractivity contribution < 1.29 is 4.79 Å². The maximum absolute atomic E-state index is 8.00. The van der Waals surface area contributed by atoms with Crippen molar-refractivity contribution in [3.8, 4) is 0 Å². The van der Waals surface area contributed by atoms with E-state index < -0.39 is 0 Å². The summed E-state index contributed by atoms with van der Waals surface area (Å²) in [5.74, 6) is 0. The highest BCUT2D eigenvalue weighted by Crippen LogP contribution is 2.17. The molecule has 22 heavy (non-hydrogen) atoms. The van der Waals surface area contributed by atoms with Crippen molar-refractivity contribution in [3.63, 3.8) is 0 Å². The van der Waals surface area contributed by atoms with Gasteiger partial charge in [0.05, 0.1) is 0 Å². The molecular weight excluding hydrogens is 270 g/mol. The van der Waals surface area contributed by atoms with Crippen molar-refractivity contribution in [2.45, 2.75) is 48.5 Å². The lowest BCUT2D eigenvalue weighted by atomic mass is 10.0. The molecule has 0 fully saturated rings. The van der Waals surface area contributed by atoms with E-state index in [0.717, 1.165) is 5.69 Å². The lowest BCUT2D eigenvalue weighted by molar-refractivity contribution is -0.0979. The monoisotopic (exact) mass is 299 g/mol. The van der Waals surface area contributed by atoms with Gasteiger partial charge in [0.2, 0.25) is 0 Å². The molecule has 0 saturated heterocycles. The summed E-state index contributed by atoms with van der Waals surface area (Å²) in [5, 5.41) is 0. The molecule has 0 saturated carbocycles. The molecule has 2 rings (SSSR count). The van der Waals surface area contributed by atoms with Crippen LogP contribution in [0.4, 0.5) is 5.69 Å². The molecule has 0 atom stereocenters. The summed E-state index contributed by atoms with van der Waals surface area (Å²) < 4.78 is 0. The first kappa shape index (κ1) is 19.9. The molecule has 0 unspecified atom stereocenters. The van der Waals surface area contributed by atoms with Crippen molar-refractivity contribution in [2.24, 2.45) is 0 Å². The van der Waals surface area contributed by atoms with Crippen molar-refractivity contribution in [3.05, 3.63) is 63.2 Å². The SMILES string of the molecule is C=O.Cc1cc(C)c(C)c(C)c1.Cc1cc(C)c(N)c(C)c1. The zero-order valence-corrected chi connectivity index (χ0v) is 15.0. The van der Waals surface area contributed by atoms with Gasteiger partial charge in [0.15, 0.2) is 0 Å². The first-order valence-corrected chi connectivity index (χ1v) is 7.39. The molecule has 120 valence electrons. The van der Waals surface area contributed by atoms with Crippen LogP contribution >= 0.6 is 0 Å². The predicted molar refractivity (Wildman–Crippen MR) is 97.6 cm³/mol. The lowest BCUT2D eigenvalue weighted by Crippen LogP contribution is -1.93. The molecule has 0 amide bonds. The van der Waals surface area contributed by atoms with Crippen LogP contribution in [0, 0.1) is 48.5 Å². The third-order valence-corrected chi connectivity index (χ3v) is 3.81. The summed E-state index contributed by atoms with van der Waals surface area (Å²) in [5.41, 5.74) is 15.9. The predicted octanol–water partition coefficient (Wildman–Crippen LogP) is 4.93. The van der Waals surface area contributed by atoms with E-state index >= 15 is 0 Å². The number of rotatable bonds is 0. The van der Waals surface area contributed by atoms with Crippen molar-refractivity contribution in [1.82, 2.24) is 0 Å². The van der Waals surface area contributed by atoms with Gasteiger partial charge in [0.25, 0.3) is 0 Å². The van der Waals surface area contributed by atoms with Crippen LogP contribution in [0.15, 0.2) is 24.3 Å². The minimum absolute atomic E-state index is 0.922. The Labute approximate surface area is 135 Å². The Kier molecular flexibility index (Phi) is 8.18. The fourth-order valence-electron chi connectivity index (χ4n) is 2.44. The Balaban J connectivity index is 0.000000360. The Bertz CT molecular complexity index is 528. The van der Waals surface area contributed by atoms with Crippen LogP contribution in [0.3, 0.4) is 0 Å². The van der Waals surface area contributed by atoms with E-state index in [2.05, 4.69) is 58.9 Å². The van der Waals surface area contributed by atoms with Gasteiger partial charge in [-0.1, -0.05) is 35.4 Å². The summed E-state index contributed by atoms with van der Waals surface area (Å²) in [6.07, 6.45) is 0. The molecule has 0 aliphatic rings. The fourth-order valence-corrected chi connectivity index (χ4v) is 2.44. The van der Waals surface area contributed by atoms with Crippen LogP contribution in [0.2, 0.25) is 0 Å². The third-order valence-electron chi connectivity index (χ3n) is 3.81. The minimum Gasteiger partial charge on any atom is -0.398 e. The third kappa shape index (κ3) is 5.72. The maximum Gasteiger partial charge on any atom is 0.106 e. The highest BCUT2D eigenvalue weighted by Gasteiger charge is 1.97. The highest BCUT2D eigenvalue weighted by molar-refractivity contribution is 5.54. The lowest BCUT2D eigenvalue weighted by Gasteiger charge is -2.04. The normalized spacial score (nSPS) is 9.23. The smallest absolute Gasteiger partial charge is 0.106 e. The summed E-state index contributed by atoms with van der Waals surface area (Å²) >= 11 is 0. The van der Waals surface area contributed by atoms with Gasteiger partial charge < -0.3 is 10.5 Å². The number of anilines is 1. The summed E-state index contributed by atoms with van der Waals surface area (Å²) in [4.78, 5) is 8.00. The Morgan fingerprint density at radius 3 is 1.23 bits per heavy atom. The number of nitrogens with two attached hydrogens (primary N) is 1. The molecule has 2 heteroatoms. The van der Waals surface area contributed by atoms with Crippen LogP contribution < -0.4 is 5.73 Å². The van der Waals surface area contributed by atoms with Crippen molar-refractivity contribution in [1.29, 1.82) is 0 Å². The van der Waals surface area contributed by atoms with E-state index in [0.29, 0.717) is 0 Å². The van der Waals surface area contributed by atoms with Crippen LogP contribution in [0.25, 0.3) is 0 Å². The van der Waals surface area contributed by atoms with Crippen LogP contribution in [-0.2, 0) is 4.79 Å². The van der Waals surface area contributed by atoms with Gasteiger partial charge in [0.1, 0.15) is 6.79 Å². The van der Waals surface area contributed by atoms with E-state index in [1.807, 2.05) is 20.6 Å². The summed E-state index contributed by atoms with van der Waals surface area (Å²) in [6.45, 7) is 16.8. The van der Waals surface area contributed by atoms with Gasteiger partial charge in [0, 0.05) is 5.69 Å². The fraction of sp³-hybridized carbons (Fsp3) is 0.350. The second kappa shape index (κ2) is 9.04. The standard InChI is InChI=1S/C10H14.C9H13N.CH2O/c1-7-5-8(2)10(4)9(3)6-7;1-6-4-7(2)9(10)8(3)5-6;1-2/h5-6H,1-4H3;4-5H,10H2,1-3H3;1H2. The highest BCUT2D eigenvalue weighted by atomic mass is 16.1. The molecule has 2 aromatic carbocycles. The first-order valence-electron chi connectivity index (χ1n) is 7.39. The Morgan fingerprint density at radius 1 is 0.636 bits per heavy atom. The number of benzene rings is 2. The number of aryl methyl sites for hydroxylation is 6. The summed E-state index contributed by atoms with van der Waals surface area (Å²) in [6, 6.07) is 8.65. The van der Waals surface area contributed by atoms with Gasteiger partial charge in [-0.2, -0.15) is 0 Å². The number of hydrogen-bond acceptors (Lipinski definition) is 2.